The summed E-state index contributed by atoms with van der Waals surface area (Å²) in [7, 11) is 0. The van der Waals surface area contributed by atoms with Gasteiger partial charge in [0, 0.05) is 17.1 Å². The highest BCUT2D eigenvalue weighted by atomic mass is 19.1. The number of carbonyl (C=O) groups excluding carboxylic acids is 2. The number of carbonyl (C=O) groups is 2. The predicted molar refractivity (Wildman–Crippen MR) is 91.4 cm³/mol. The van der Waals surface area contributed by atoms with Gasteiger partial charge >= 0.3 is 0 Å². The molecule has 2 fully saturated rings. The Morgan fingerprint density at radius 2 is 2.19 bits per heavy atom. The van der Waals surface area contributed by atoms with Crippen LogP contribution in [0, 0.1) is 30.0 Å². The number of nitrogens with two attached hydrogens (primary N) is 1. The van der Waals surface area contributed by atoms with E-state index in [4.69, 9.17) is 5.73 Å². The van der Waals surface area contributed by atoms with Crippen molar-refractivity contribution in [2.75, 3.05) is 0 Å². The number of pyridine rings is 1. The Morgan fingerprint density at radius 1 is 1.42 bits per heavy atom. The number of aromatic nitrogens is 1. The van der Waals surface area contributed by atoms with Crippen LogP contribution in [0.1, 0.15) is 34.5 Å². The van der Waals surface area contributed by atoms with Crippen LogP contribution in [-0.2, 0) is 11.2 Å². The predicted octanol–water partition coefficient (Wildman–Crippen LogP) is 1.84. The quantitative estimate of drug-likeness (QED) is 0.911. The molecule has 0 spiro atoms. The molecule has 1 aromatic carbocycles. The third kappa shape index (κ3) is 2.49. The first-order chi connectivity index (χ1) is 12.4. The SMILES string of the molecule is Cc1nc2ccc(F)cc2c(C(N)=O)c1CC(=O)N1[C@H](C#N)C[C@@H]2C[C@@H]21. The lowest BCUT2D eigenvalue weighted by atomic mass is 9.97. The maximum Gasteiger partial charge on any atom is 0.249 e. The maximum absolute atomic E-state index is 13.7. The van der Waals surface area contributed by atoms with Crippen LogP contribution in [0.3, 0.4) is 0 Å². The zero-order valence-electron chi connectivity index (χ0n) is 14.2. The molecule has 2 aliphatic rings. The Bertz CT molecular complexity index is 997. The van der Waals surface area contributed by atoms with Crippen LogP contribution in [0.5, 0.6) is 0 Å². The van der Waals surface area contributed by atoms with Gasteiger partial charge in [-0.25, -0.2) is 4.39 Å². The highest BCUT2D eigenvalue weighted by Crippen LogP contribution is 2.47. The number of piperidine rings is 1. The lowest BCUT2D eigenvalue weighted by molar-refractivity contribution is -0.131. The normalized spacial score (nSPS) is 23.6. The van der Waals surface area contributed by atoms with E-state index in [-0.39, 0.29) is 23.9 Å². The van der Waals surface area contributed by atoms with Crippen molar-refractivity contribution in [1.82, 2.24) is 9.88 Å². The van der Waals surface area contributed by atoms with Gasteiger partial charge in [-0.15, -0.1) is 0 Å². The molecule has 6 nitrogen and oxygen atoms in total. The minimum atomic E-state index is -0.726. The van der Waals surface area contributed by atoms with E-state index in [1.165, 1.54) is 18.2 Å². The maximum atomic E-state index is 13.7. The Labute approximate surface area is 149 Å². The minimum absolute atomic E-state index is 0.0784. The van der Waals surface area contributed by atoms with Crippen molar-refractivity contribution in [3.63, 3.8) is 0 Å². The van der Waals surface area contributed by atoms with Crippen LogP contribution < -0.4 is 5.73 Å². The molecular formula is C19H17FN4O2. The molecule has 2 amide bonds. The van der Waals surface area contributed by atoms with Crippen molar-refractivity contribution in [2.45, 2.75) is 38.3 Å². The molecule has 2 heterocycles. The smallest absolute Gasteiger partial charge is 0.249 e. The number of nitrogens with zero attached hydrogens (tertiary/aromatic N) is 3. The highest BCUT2D eigenvalue weighted by molar-refractivity contribution is 6.07. The van der Waals surface area contributed by atoms with E-state index in [2.05, 4.69) is 11.1 Å². The van der Waals surface area contributed by atoms with Crippen LogP contribution in [-0.4, -0.2) is 33.8 Å². The molecule has 1 saturated carbocycles. The van der Waals surface area contributed by atoms with E-state index in [1.807, 2.05) is 0 Å². The molecule has 1 aliphatic heterocycles. The second-order valence-corrected chi connectivity index (χ2v) is 7.00. The molecule has 2 N–H and O–H groups in total. The van der Waals surface area contributed by atoms with Gasteiger partial charge in [0.25, 0.3) is 0 Å². The van der Waals surface area contributed by atoms with E-state index >= 15 is 0 Å². The largest absolute Gasteiger partial charge is 0.366 e. The monoisotopic (exact) mass is 352 g/mol. The highest BCUT2D eigenvalue weighted by Gasteiger charge is 2.54. The number of benzene rings is 1. The number of fused-ring (bicyclic) bond motifs is 2. The molecule has 1 saturated heterocycles. The van der Waals surface area contributed by atoms with E-state index in [1.54, 1.807) is 11.8 Å². The van der Waals surface area contributed by atoms with Crippen molar-refractivity contribution in [2.24, 2.45) is 11.7 Å². The second kappa shape index (κ2) is 5.77. The van der Waals surface area contributed by atoms with Crippen molar-refractivity contribution < 1.29 is 14.0 Å². The van der Waals surface area contributed by atoms with E-state index in [0.717, 1.165) is 6.42 Å². The van der Waals surface area contributed by atoms with Gasteiger partial charge in [-0.1, -0.05) is 0 Å². The lowest BCUT2D eigenvalue weighted by Gasteiger charge is -2.23. The number of aryl methyl sites for hydroxylation is 1. The van der Waals surface area contributed by atoms with Crippen molar-refractivity contribution >= 4 is 22.7 Å². The summed E-state index contributed by atoms with van der Waals surface area (Å²) in [6.45, 7) is 1.70. The third-order valence-electron chi connectivity index (χ3n) is 5.37. The van der Waals surface area contributed by atoms with E-state index < -0.39 is 17.8 Å². The number of likely N-dealkylation sites (tertiary alicyclic amines) is 1. The van der Waals surface area contributed by atoms with Gasteiger partial charge in [0.1, 0.15) is 11.9 Å². The number of rotatable bonds is 3. The minimum Gasteiger partial charge on any atom is -0.366 e. The van der Waals surface area contributed by atoms with Gasteiger partial charge in [-0.05, 0) is 49.4 Å². The molecule has 1 aliphatic carbocycles. The molecule has 7 heteroatoms. The van der Waals surface area contributed by atoms with Crippen LogP contribution in [0.2, 0.25) is 0 Å². The van der Waals surface area contributed by atoms with Crippen LogP contribution in [0.15, 0.2) is 18.2 Å². The Hall–Kier alpha value is -3.01. The molecule has 0 radical (unpaired) electrons. The van der Waals surface area contributed by atoms with Gasteiger partial charge in [0.15, 0.2) is 0 Å². The van der Waals surface area contributed by atoms with Crippen LogP contribution >= 0.6 is 0 Å². The standard InChI is InChI=1S/C19H17FN4O2/c1-9-13(7-17(25)24-12(8-21)4-10-5-16(10)24)18(19(22)26)14-6-11(20)2-3-15(14)23-9/h2-3,6,10,12,16H,4-5,7H2,1H3,(H2,22,26)/t10-,12+,16+/m1/s1. The Kier molecular flexibility index (Phi) is 3.65. The molecule has 26 heavy (non-hydrogen) atoms. The fraction of sp³-hybridized carbons (Fsp3) is 0.368. The summed E-state index contributed by atoms with van der Waals surface area (Å²) in [4.78, 5) is 31.0. The van der Waals surface area contributed by atoms with Gasteiger partial charge in [0.2, 0.25) is 11.8 Å². The van der Waals surface area contributed by atoms with Gasteiger partial charge in [-0.3, -0.25) is 14.6 Å². The average molecular weight is 352 g/mol. The van der Waals surface area contributed by atoms with Crippen molar-refractivity contribution in [3.05, 3.63) is 40.8 Å². The summed E-state index contributed by atoms with van der Waals surface area (Å²) >= 11 is 0. The number of amides is 2. The summed E-state index contributed by atoms with van der Waals surface area (Å²) in [5.74, 6) is -1.04. The number of primary amides is 1. The lowest BCUT2D eigenvalue weighted by Crippen LogP contribution is -2.39. The molecule has 0 unspecified atom stereocenters. The summed E-state index contributed by atoms with van der Waals surface area (Å²) in [5.41, 5.74) is 7.04. The van der Waals surface area contributed by atoms with E-state index in [9.17, 15) is 19.2 Å². The summed E-state index contributed by atoms with van der Waals surface area (Å²) < 4.78 is 13.7. The first kappa shape index (κ1) is 16.5. The zero-order chi connectivity index (χ0) is 18.6. The second-order valence-electron chi connectivity index (χ2n) is 7.00. The zero-order valence-corrected chi connectivity index (χ0v) is 14.2. The first-order valence-corrected chi connectivity index (χ1v) is 8.50. The summed E-state index contributed by atoms with van der Waals surface area (Å²) in [6, 6.07) is 5.83. The topological polar surface area (TPSA) is 100 Å². The van der Waals surface area contributed by atoms with Crippen LogP contribution in [0.4, 0.5) is 4.39 Å². The molecule has 3 atom stereocenters. The molecular weight excluding hydrogens is 335 g/mol. The number of nitriles is 1. The molecule has 132 valence electrons. The fourth-order valence-electron chi connectivity index (χ4n) is 4.07. The number of hydrogen-bond donors (Lipinski definition) is 1. The summed E-state index contributed by atoms with van der Waals surface area (Å²) in [6.07, 6.45) is 1.55. The molecule has 0 bridgehead atoms. The Morgan fingerprint density at radius 3 is 2.88 bits per heavy atom. The van der Waals surface area contributed by atoms with Crippen LogP contribution in [0.25, 0.3) is 10.9 Å². The van der Waals surface area contributed by atoms with Gasteiger partial charge in [0.05, 0.1) is 23.6 Å². The molecule has 2 aromatic rings. The number of halogens is 1. The average Bonchev–Trinajstić information content (AvgIpc) is 3.25. The van der Waals surface area contributed by atoms with E-state index in [0.29, 0.717) is 34.5 Å². The molecule has 4 rings (SSSR count). The number of hydrogen-bond acceptors (Lipinski definition) is 4. The fourth-order valence-corrected chi connectivity index (χ4v) is 4.07. The Balaban J connectivity index is 1.77. The van der Waals surface area contributed by atoms with Gasteiger partial charge < -0.3 is 10.6 Å². The molecule has 1 aromatic heterocycles. The van der Waals surface area contributed by atoms with Crippen molar-refractivity contribution in [1.29, 1.82) is 5.26 Å². The van der Waals surface area contributed by atoms with Crippen molar-refractivity contribution in [3.8, 4) is 6.07 Å². The summed E-state index contributed by atoms with van der Waals surface area (Å²) in [5, 5.41) is 9.59. The first-order valence-electron chi connectivity index (χ1n) is 8.50. The third-order valence-corrected chi connectivity index (χ3v) is 5.37. The van der Waals surface area contributed by atoms with Gasteiger partial charge in [-0.2, -0.15) is 5.26 Å².